The number of halogens is 4. The van der Waals surface area contributed by atoms with Crippen LogP contribution in [0, 0.1) is 0 Å². The largest absolute Gasteiger partial charge is 0.389 e. The molecule has 2 nitrogen and oxygen atoms in total. The number of hydrogen-bond acceptors (Lipinski definition) is 2. The molecule has 0 aromatic carbocycles. The summed E-state index contributed by atoms with van der Waals surface area (Å²) >= 11 is 0. The molecule has 1 heterocycles. The minimum Gasteiger partial charge on any atom is -0.371 e. The SMILES string of the molecule is FC(CCC(F)(F)F)OCC1CO1. The lowest BCUT2D eigenvalue weighted by Crippen LogP contribution is -2.15. The maximum atomic E-state index is 12.5. The maximum Gasteiger partial charge on any atom is 0.389 e. The summed E-state index contributed by atoms with van der Waals surface area (Å²) in [5, 5.41) is 0. The summed E-state index contributed by atoms with van der Waals surface area (Å²) in [6, 6.07) is 0. The van der Waals surface area contributed by atoms with Crippen molar-refractivity contribution in [3.63, 3.8) is 0 Å². The first-order valence-electron chi connectivity index (χ1n) is 3.91. The molecule has 1 aliphatic rings. The highest BCUT2D eigenvalue weighted by atomic mass is 19.4. The molecule has 0 amide bonds. The summed E-state index contributed by atoms with van der Waals surface area (Å²) in [4.78, 5) is 0. The number of rotatable bonds is 5. The predicted molar refractivity (Wildman–Crippen MR) is 35.9 cm³/mol. The van der Waals surface area contributed by atoms with Crippen molar-refractivity contribution in [1.29, 1.82) is 0 Å². The van der Waals surface area contributed by atoms with Gasteiger partial charge in [0.25, 0.3) is 0 Å². The molecule has 1 fully saturated rings. The van der Waals surface area contributed by atoms with Crippen LogP contribution in [0.3, 0.4) is 0 Å². The van der Waals surface area contributed by atoms with E-state index in [4.69, 9.17) is 4.74 Å². The molecule has 0 aliphatic carbocycles. The maximum absolute atomic E-state index is 12.5. The van der Waals surface area contributed by atoms with E-state index in [1.807, 2.05) is 0 Å². The minimum absolute atomic E-state index is 0.0407. The Labute approximate surface area is 72.8 Å². The normalized spacial score (nSPS) is 24.5. The molecule has 1 rings (SSSR count). The van der Waals surface area contributed by atoms with Crippen LogP contribution in [0.5, 0.6) is 0 Å². The van der Waals surface area contributed by atoms with Crippen molar-refractivity contribution < 1.29 is 27.0 Å². The molecule has 0 bridgehead atoms. The Morgan fingerprint density at radius 2 is 2.08 bits per heavy atom. The lowest BCUT2D eigenvalue weighted by Gasteiger charge is -2.10. The molecular weight excluding hydrogens is 192 g/mol. The summed E-state index contributed by atoms with van der Waals surface area (Å²) in [5.74, 6) is 0. The van der Waals surface area contributed by atoms with Gasteiger partial charge in [-0.3, -0.25) is 0 Å². The Morgan fingerprint density at radius 1 is 1.46 bits per heavy atom. The van der Waals surface area contributed by atoms with E-state index in [0.29, 0.717) is 6.61 Å². The average Bonchev–Trinajstić information content (AvgIpc) is 2.78. The summed E-state index contributed by atoms with van der Waals surface area (Å²) in [7, 11) is 0. The van der Waals surface area contributed by atoms with Crippen LogP contribution in [0.4, 0.5) is 17.6 Å². The predicted octanol–water partition coefficient (Wildman–Crippen LogP) is 2.04. The zero-order valence-electron chi connectivity index (χ0n) is 6.81. The van der Waals surface area contributed by atoms with E-state index in [1.165, 1.54) is 0 Å². The third-order valence-corrected chi connectivity index (χ3v) is 1.52. The van der Waals surface area contributed by atoms with Gasteiger partial charge in [-0.25, -0.2) is 4.39 Å². The van der Waals surface area contributed by atoms with Crippen molar-refractivity contribution in [2.24, 2.45) is 0 Å². The van der Waals surface area contributed by atoms with Crippen LogP contribution in [0.2, 0.25) is 0 Å². The standard InChI is InChI=1S/C7H10F4O2/c8-6(1-2-7(9,10)11)13-4-5-3-12-5/h5-6H,1-4H2. The fraction of sp³-hybridized carbons (Fsp3) is 1.00. The average molecular weight is 202 g/mol. The van der Waals surface area contributed by atoms with Crippen molar-refractivity contribution >= 4 is 0 Å². The second kappa shape index (κ2) is 4.23. The van der Waals surface area contributed by atoms with Crippen molar-refractivity contribution in [2.45, 2.75) is 31.5 Å². The van der Waals surface area contributed by atoms with Gasteiger partial charge >= 0.3 is 6.18 Å². The van der Waals surface area contributed by atoms with Gasteiger partial charge in [-0.05, 0) is 0 Å². The first-order chi connectivity index (χ1) is 5.97. The van der Waals surface area contributed by atoms with E-state index in [-0.39, 0.29) is 12.7 Å². The monoisotopic (exact) mass is 202 g/mol. The van der Waals surface area contributed by atoms with E-state index in [0.717, 1.165) is 0 Å². The van der Waals surface area contributed by atoms with Gasteiger partial charge in [0.1, 0.15) is 6.10 Å². The second-order valence-corrected chi connectivity index (χ2v) is 2.85. The molecule has 1 saturated heterocycles. The summed E-state index contributed by atoms with van der Waals surface area (Å²) in [5.41, 5.74) is 0. The zero-order chi connectivity index (χ0) is 9.90. The Hall–Kier alpha value is -0.360. The van der Waals surface area contributed by atoms with Gasteiger partial charge in [0, 0.05) is 12.8 Å². The molecule has 78 valence electrons. The van der Waals surface area contributed by atoms with Crippen LogP contribution in [-0.4, -0.2) is 31.9 Å². The van der Waals surface area contributed by atoms with E-state index < -0.39 is 25.4 Å². The van der Waals surface area contributed by atoms with E-state index in [1.54, 1.807) is 0 Å². The summed E-state index contributed by atoms with van der Waals surface area (Å²) < 4.78 is 56.4. The molecule has 0 spiro atoms. The van der Waals surface area contributed by atoms with Crippen LogP contribution in [-0.2, 0) is 9.47 Å². The van der Waals surface area contributed by atoms with Gasteiger partial charge in [-0.1, -0.05) is 0 Å². The van der Waals surface area contributed by atoms with Crippen molar-refractivity contribution in [1.82, 2.24) is 0 Å². The molecule has 13 heavy (non-hydrogen) atoms. The molecule has 0 radical (unpaired) electrons. The number of alkyl halides is 4. The Kier molecular flexibility index (Phi) is 3.49. The van der Waals surface area contributed by atoms with E-state index >= 15 is 0 Å². The lowest BCUT2D eigenvalue weighted by atomic mass is 10.3. The van der Waals surface area contributed by atoms with Crippen molar-refractivity contribution in [2.75, 3.05) is 13.2 Å². The van der Waals surface area contributed by atoms with Crippen molar-refractivity contribution in [3.8, 4) is 0 Å². The Bertz CT molecular complexity index is 155. The van der Waals surface area contributed by atoms with Crippen molar-refractivity contribution in [3.05, 3.63) is 0 Å². The topological polar surface area (TPSA) is 21.8 Å². The fourth-order valence-electron chi connectivity index (χ4n) is 0.736. The second-order valence-electron chi connectivity index (χ2n) is 2.85. The number of ether oxygens (including phenoxy) is 2. The number of hydrogen-bond donors (Lipinski definition) is 0. The molecule has 0 aromatic heterocycles. The highest BCUT2D eigenvalue weighted by molar-refractivity contribution is 4.67. The van der Waals surface area contributed by atoms with Crippen LogP contribution in [0.1, 0.15) is 12.8 Å². The molecule has 0 N–H and O–H groups in total. The molecule has 2 atom stereocenters. The first kappa shape index (κ1) is 10.7. The molecule has 1 aliphatic heterocycles. The Morgan fingerprint density at radius 3 is 2.54 bits per heavy atom. The number of epoxide rings is 1. The van der Waals surface area contributed by atoms with Crippen LogP contribution in [0.15, 0.2) is 0 Å². The third-order valence-electron chi connectivity index (χ3n) is 1.52. The molecule has 0 aromatic rings. The molecular formula is C7H10F4O2. The van der Waals surface area contributed by atoms with Gasteiger partial charge < -0.3 is 9.47 Å². The van der Waals surface area contributed by atoms with Gasteiger partial charge in [-0.2, -0.15) is 13.2 Å². The summed E-state index contributed by atoms with van der Waals surface area (Å²) in [6.45, 7) is 0.547. The van der Waals surface area contributed by atoms with E-state index in [9.17, 15) is 17.6 Å². The smallest absolute Gasteiger partial charge is 0.371 e. The molecule has 2 unspecified atom stereocenters. The van der Waals surface area contributed by atoms with Gasteiger partial charge in [0.15, 0.2) is 6.36 Å². The minimum atomic E-state index is -4.32. The third kappa shape index (κ3) is 5.81. The first-order valence-corrected chi connectivity index (χ1v) is 3.91. The van der Waals surface area contributed by atoms with Crippen LogP contribution < -0.4 is 0 Å². The van der Waals surface area contributed by atoms with Crippen LogP contribution in [0.25, 0.3) is 0 Å². The van der Waals surface area contributed by atoms with Crippen LogP contribution >= 0.6 is 0 Å². The highest BCUT2D eigenvalue weighted by Crippen LogP contribution is 2.23. The Balaban J connectivity index is 1.99. The lowest BCUT2D eigenvalue weighted by molar-refractivity contribution is -0.150. The van der Waals surface area contributed by atoms with Gasteiger partial charge in [0.05, 0.1) is 13.2 Å². The van der Waals surface area contributed by atoms with Gasteiger partial charge in [0.2, 0.25) is 0 Å². The highest BCUT2D eigenvalue weighted by Gasteiger charge is 2.29. The summed E-state index contributed by atoms with van der Waals surface area (Å²) in [6.07, 6.45) is -8.07. The quantitative estimate of drug-likeness (QED) is 0.502. The van der Waals surface area contributed by atoms with Gasteiger partial charge in [-0.15, -0.1) is 0 Å². The zero-order valence-corrected chi connectivity index (χ0v) is 6.81. The van der Waals surface area contributed by atoms with E-state index in [2.05, 4.69) is 4.74 Å². The molecule has 6 heteroatoms. The fourth-order valence-corrected chi connectivity index (χ4v) is 0.736. The molecule has 0 saturated carbocycles.